The second kappa shape index (κ2) is 12.5. The zero-order valence-corrected chi connectivity index (χ0v) is 28.8. The number of ether oxygens (including phenoxy) is 1. The highest BCUT2D eigenvalue weighted by atomic mass is 32.2. The fourth-order valence-corrected chi connectivity index (χ4v) is 7.98. The molecule has 11 heteroatoms. The summed E-state index contributed by atoms with van der Waals surface area (Å²) >= 11 is 0. The summed E-state index contributed by atoms with van der Waals surface area (Å²) in [6.07, 6.45) is 5.11. The second-order valence-electron chi connectivity index (χ2n) is 13.9. The molecule has 4 aromatic rings. The van der Waals surface area contributed by atoms with Crippen LogP contribution in [0.3, 0.4) is 0 Å². The van der Waals surface area contributed by atoms with E-state index in [1.807, 2.05) is 55.1 Å². The monoisotopic (exact) mass is 666 g/mol. The molecule has 1 aliphatic carbocycles. The minimum Gasteiger partial charge on any atom is -0.475 e. The van der Waals surface area contributed by atoms with Gasteiger partial charge in [0, 0.05) is 29.8 Å². The Kier molecular flexibility index (Phi) is 8.35. The number of nitrogens with zero attached hydrogens (tertiary/aromatic N) is 5. The third-order valence-electron chi connectivity index (χ3n) is 9.99. The highest BCUT2D eigenvalue weighted by molar-refractivity contribution is 7.92. The second-order valence-corrected chi connectivity index (χ2v) is 15.6. The number of aromatic nitrogens is 3. The van der Waals surface area contributed by atoms with E-state index in [4.69, 9.17) is 9.72 Å². The molecule has 1 amide bonds. The lowest BCUT2D eigenvalue weighted by Gasteiger charge is -2.34. The topological polar surface area (TPSA) is 118 Å². The van der Waals surface area contributed by atoms with Crippen LogP contribution in [0.2, 0.25) is 0 Å². The molecule has 0 unspecified atom stereocenters. The molecule has 48 heavy (non-hydrogen) atoms. The highest BCUT2D eigenvalue weighted by Gasteiger charge is 2.42. The average molecular weight is 667 g/mol. The van der Waals surface area contributed by atoms with Crippen molar-refractivity contribution in [3.8, 4) is 17.1 Å². The molecule has 1 saturated heterocycles. The fourth-order valence-electron chi connectivity index (χ4n) is 6.99. The highest BCUT2D eigenvalue weighted by Crippen LogP contribution is 2.49. The van der Waals surface area contributed by atoms with Gasteiger partial charge in [0.2, 0.25) is 11.8 Å². The summed E-state index contributed by atoms with van der Waals surface area (Å²) < 4.78 is 36.4. The van der Waals surface area contributed by atoms with Crippen molar-refractivity contribution in [1.29, 1.82) is 0 Å². The maximum Gasteiger partial charge on any atom is 0.264 e. The summed E-state index contributed by atoms with van der Waals surface area (Å²) in [4.78, 5) is 32.8. The molecule has 0 spiro atoms. The number of hydrogen-bond acceptors (Lipinski definition) is 8. The summed E-state index contributed by atoms with van der Waals surface area (Å²) in [5.41, 5.74) is 4.54. The number of benzene rings is 2. The summed E-state index contributed by atoms with van der Waals surface area (Å²) in [5.74, 6) is 0.762. The first kappa shape index (κ1) is 32.1. The van der Waals surface area contributed by atoms with Crippen LogP contribution >= 0.6 is 0 Å². The fraction of sp³-hybridized carbons (Fsp3) is 0.405. The summed E-state index contributed by atoms with van der Waals surface area (Å²) in [5, 5.41) is 0. The number of nitrogens with one attached hydrogen (secondary N) is 1. The average Bonchev–Trinajstić information content (AvgIpc) is 3.63. The molecule has 0 radical (unpaired) electrons. The van der Waals surface area contributed by atoms with Gasteiger partial charge in [0.25, 0.3) is 15.9 Å². The van der Waals surface area contributed by atoms with E-state index < -0.39 is 10.0 Å². The molecule has 2 aromatic carbocycles. The smallest absolute Gasteiger partial charge is 0.264 e. The van der Waals surface area contributed by atoms with Gasteiger partial charge in [-0.05, 0) is 99.7 Å². The molecule has 7 rings (SSSR count). The molecule has 1 saturated carbocycles. The number of pyridine rings is 1. The predicted octanol–water partition coefficient (Wildman–Crippen LogP) is 6.54. The number of hydrogen-bond donors (Lipinski definition) is 1. The van der Waals surface area contributed by atoms with Gasteiger partial charge in [0.15, 0.2) is 0 Å². The SMILES string of the molecule is Cc1cccc(C)c1-c1cc2nc(n1)NS(=O)(=O)c1cccc(c1)C(=O)N(Cc1cccc(N3CCC[C@H]3C)n1)[C@H](CC1(C)CC1)CO2. The van der Waals surface area contributed by atoms with Gasteiger partial charge in [0.1, 0.15) is 12.4 Å². The molecule has 2 fully saturated rings. The Morgan fingerprint density at radius 2 is 1.73 bits per heavy atom. The number of anilines is 2. The van der Waals surface area contributed by atoms with E-state index in [2.05, 4.69) is 33.4 Å². The molecule has 4 bridgehead atoms. The minimum atomic E-state index is -4.15. The third-order valence-corrected chi connectivity index (χ3v) is 11.3. The Bertz CT molecular complexity index is 1960. The predicted molar refractivity (Wildman–Crippen MR) is 186 cm³/mol. The van der Waals surface area contributed by atoms with E-state index in [1.165, 1.54) is 12.1 Å². The number of carbonyl (C=O) groups is 1. The number of aryl methyl sites for hydroxylation is 2. The van der Waals surface area contributed by atoms with Crippen LogP contribution in [0, 0.1) is 19.3 Å². The zero-order chi connectivity index (χ0) is 33.6. The van der Waals surface area contributed by atoms with Gasteiger partial charge >= 0.3 is 0 Å². The van der Waals surface area contributed by atoms with Crippen molar-refractivity contribution in [2.75, 3.05) is 22.8 Å². The molecular formula is C37H42N6O4S. The quantitative estimate of drug-likeness (QED) is 0.247. The normalized spacial score (nSPS) is 21.4. The molecule has 10 nitrogen and oxygen atoms in total. The van der Waals surface area contributed by atoms with Crippen molar-refractivity contribution in [3.63, 3.8) is 0 Å². The van der Waals surface area contributed by atoms with Gasteiger partial charge in [-0.1, -0.05) is 37.3 Å². The molecular weight excluding hydrogens is 625 g/mol. The molecule has 3 aliphatic rings. The number of rotatable bonds is 6. The van der Waals surface area contributed by atoms with Crippen LogP contribution in [0.1, 0.15) is 73.1 Å². The molecule has 2 aliphatic heterocycles. The Hall–Kier alpha value is -4.51. The lowest BCUT2D eigenvalue weighted by atomic mass is 9.97. The Morgan fingerprint density at radius 1 is 0.979 bits per heavy atom. The van der Waals surface area contributed by atoms with E-state index in [0.29, 0.717) is 11.7 Å². The van der Waals surface area contributed by atoms with Gasteiger partial charge in [-0.2, -0.15) is 4.98 Å². The van der Waals surface area contributed by atoms with E-state index in [1.54, 1.807) is 18.2 Å². The maximum absolute atomic E-state index is 14.5. The Labute approximate surface area is 282 Å². The van der Waals surface area contributed by atoms with Crippen LogP contribution in [0.25, 0.3) is 11.3 Å². The first-order valence-corrected chi connectivity index (χ1v) is 18.2. The van der Waals surface area contributed by atoms with Crippen molar-refractivity contribution in [1.82, 2.24) is 19.9 Å². The summed E-state index contributed by atoms with van der Waals surface area (Å²) in [7, 11) is -4.15. The summed E-state index contributed by atoms with van der Waals surface area (Å²) in [6, 6.07) is 19.9. The number of fused-ring (bicyclic) bond motifs is 4. The van der Waals surface area contributed by atoms with Gasteiger partial charge in [-0.25, -0.2) is 23.1 Å². The zero-order valence-electron chi connectivity index (χ0n) is 27.9. The van der Waals surface area contributed by atoms with Gasteiger partial charge in [0.05, 0.1) is 28.9 Å². The maximum atomic E-state index is 14.5. The Balaban J connectivity index is 1.33. The third kappa shape index (κ3) is 6.60. The van der Waals surface area contributed by atoms with Gasteiger partial charge < -0.3 is 14.5 Å². The van der Waals surface area contributed by atoms with E-state index in [0.717, 1.165) is 66.9 Å². The van der Waals surface area contributed by atoms with Crippen molar-refractivity contribution < 1.29 is 17.9 Å². The van der Waals surface area contributed by atoms with Crippen LogP contribution in [0.15, 0.2) is 71.6 Å². The Morgan fingerprint density at radius 3 is 2.46 bits per heavy atom. The van der Waals surface area contributed by atoms with Crippen molar-refractivity contribution in [3.05, 3.63) is 89.1 Å². The molecule has 2 atom stereocenters. The van der Waals surface area contributed by atoms with E-state index >= 15 is 0 Å². The van der Waals surface area contributed by atoms with Crippen LogP contribution in [0.5, 0.6) is 5.88 Å². The van der Waals surface area contributed by atoms with Crippen molar-refractivity contribution in [2.45, 2.75) is 83.3 Å². The number of sulfonamides is 1. The van der Waals surface area contributed by atoms with Gasteiger partial charge in [-0.3, -0.25) is 4.79 Å². The lowest BCUT2D eigenvalue weighted by Crippen LogP contribution is -2.44. The molecule has 2 aromatic heterocycles. The largest absolute Gasteiger partial charge is 0.475 e. The number of amides is 1. The van der Waals surface area contributed by atoms with Crippen LogP contribution in [-0.2, 0) is 16.6 Å². The number of carbonyl (C=O) groups excluding carboxylic acids is 1. The standard InChI is InChI=1S/C37H42N6O4S/c1-24-9-5-10-25(2)34(24)31-20-33-40-36(39-31)41-48(45,46)30-14-6-12-27(19-30)35(44)43(29(23-47-33)21-37(4)16-17-37)22-28-13-7-15-32(38-28)42-18-8-11-26(42)3/h5-7,9-10,12-15,19-20,26,29H,8,11,16-18,21-23H2,1-4H3,(H,39,40,41)/t26-,29-/m1/s1. The summed E-state index contributed by atoms with van der Waals surface area (Å²) in [6.45, 7) is 9.81. The van der Waals surface area contributed by atoms with Gasteiger partial charge in [-0.15, -0.1) is 0 Å². The van der Waals surface area contributed by atoms with Crippen LogP contribution in [0.4, 0.5) is 11.8 Å². The first-order valence-electron chi connectivity index (χ1n) is 16.7. The van der Waals surface area contributed by atoms with E-state index in [9.17, 15) is 13.2 Å². The van der Waals surface area contributed by atoms with Crippen LogP contribution < -0.4 is 14.4 Å². The van der Waals surface area contributed by atoms with Crippen molar-refractivity contribution in [2.24, 2.45) is 5.41 Å². The van der Waals surface area contributed by atoms with Crippen molar-refractivity contribution >= 4 is 27.7 Å². The van der Waals surface area contributed by atoms with Crippen LogP contribution in [-0.4, -0.2) is 59.4 Å². The first-order chi connectivity index (χ1) is 23.0. The molecule has 250 valence electrons. The van der Waals surface area contributed by atoms with E-state index in [-0.39, 0.29) is 52.8 Å². The molecule has 4 heterocycles. The molecule has 1 N–H and O–H groups in total. The minimum absolute atomic E-state index is 0.0510. The lowest BCUT2D eigenvalue weighted by molar-refractivity contribution is 0.0537.